The highest BCUT2D eigenvalue weighted by Gasteiger charge is 2.21. The molecule has 2 N–H and O–H groups in total. The van der Waals surface area contributed by atoms with Crippen molar-refractivity contribution in [3.05, 3.63) is 46.7 Å². The van der Waals surface area contributed by atoms with Crippen LogP contribution in [-0.4, -0.2) is 69.0 Å². The van der Waals surface area contributed by atoms with E-state index >= 15 is 0 Å². The third-order valence-electron chi connectivity index (χ3n) is 4.66. The summed E-state index contributed by atoms with van der Waals surface area (Å²) in [5.74, 6) is -0.00143. The van der Waals surface area contributed by atoms with Gasteiger partial charge in [-0.05, 0) is 35.7 Å². The SMILES string of the molecule is COc1ccc(N2CCN(C(=O)CNC(=O)CNC(=O)c3cccs3)CC2)cc1. The molecular weight excluding hydrogens is 392 g/mol. The number of thiophene rings is 1. The van der Waals surface area contributed by atoms with Crippen LogP contribution in [0, 0.1) is 0 Å². The molecule has 0 unspecified atom stereocenters. The van der Waals surface area contributed by atoms with Gasteiger partial charge in [0.1, 0.15) is 5.75 Å². The first-order valence-electron chi connectivity index (χ1n) is 9.32. The van der Waals surface area contributed by atoms with Gasteiger partial charge in [0.15, 0.2) is 0 Å². The Bertz CT molecular complexity index is 831. The molecule has 0 spiro atoms. The Morgan fingerprint density at radius 3 is 2.34 bits per heavy atom. The van der Waals surface area contributed by atoms with E-state index in [1.165, 1.54) is 11.3 Å². The van der Waals surface area contributed by atoms with E-state index in [1.54, 1.807) is 29.5 Å². The molecule has 29 heavy (non-hydrogen) atoms. The van der Waals surface area contributed by atoms with Crippen molar-refractivity contribution in [2.24, 2.45) is 0 Å². The molecular formula is C20H24N4O4S. The summed E-state index contributed by atoms with van der Waals surface area (Å²) in [6.45, 7) is 2.41. The molecule has 1 saturated heterocycles. The number of piperazine rings is 1. The number of hydrogen-bond donors (Lipinski definition) is 2. The predicted molar refractivity (Wildman–Crippen MR) is 111 cm³/mol. The molecule has 3 amide bonds. The second-order valence-electron chi connectivity index (χ2n) is 6.50. The minimum absolute atomic E-state index is 0.0732. The van der Waals surface area contributed by atoms with Gasteiger partial charge in [-0.2, -0.15) is 0 Å². The standard InChI is InChI=1S/C20H24N4O4S/c1-28-16-6-4-15(5-7-16)23-8-10-24(11-9-23)19(26)14-21-18(25)13-22-20(27)17-3-2-12-29-17/h2-7,12H,8-11,13-14H2,1H3,(H,21,25)(H,22,27). The molecule has 0 bridgehead atoms. The number of benzene rings is 1. The molecule has 1 aliphatic rings. The van der Waals surface area contributed by atoms with Crippen LogP contribution >= 0.6 is 11.3 Å². The van der Waals surface area contributed by atoms with Crippen molar-refractivity contribution in [3.63, 3.8) is 0 Å². The van der Waals surface area contributed by atoms with E-state index in [9.17, 15) is 14.4 Å². The van der Waals surface area contributed by atoms with E-state index in [-0.39, 0.29) is 30.8 Å². The third-order valence-corrected chi connectivity index (χ3v) is 5.53. The minimum Gasteiger partial charge on any atom is -0.497 e. The largest absolute Gasteiger partial charge is 0.497 e. The van der Waals surface area contributed by atoms with Crippen LogP contribution in [0.2, 0.25) is 0 Å². The van der Waals surface area contributed by atoms with Crippen LogP contribution in [0.25, 0.3) is 0 Å². The highest BCUT2D eigenvalue weighted by molar-refractivity contribution is 7.12. The molecule has 1 aromatic heterocycles. The number of carbonyl (C=O) groups is 3. The first kappa shape index (κ1) is 20.7. The minimum atomic E-state index is -0.389. The molecule has 2 aromatic rings. The highest BCUT2D eigenvalue weighted by atomic mass is 32.1. The van der Waals surface area contributed by atoms with Crippen LogP contribution in [-0.2, 0) is 9.59 Å². The van der Waals surface area contributed by atoms with Gasteiger partial charge in [-0.1, -0.05) is 6.07 Å². The molecule has 8 nitrogen and oxygen atoms in total. The summed E-state index contributed by atoms with van der Waals surface area (Å²) >= 11 is 1.31. The Morgan fingerprint density at radius 1 is 1.00 bits per heavy atom. The fraction of sp³-hybridized carbons (Fsp3) is 0.350. The molecule has 0 saturated carbocycles. The number of rotatable bonds is 7. The summed E-state index contributed by atoms with van der Waals surface area (Å²) in [6, 6.07) is 11.3. The molecule has 0 radical (unpaired) electrons. The Balaban J connectivity index is 1.37. The molecule has 0 aliphatic carbocycles. The van der Waals surface area contributed by atoms with E-state index in [0.717, 1.165) is 24.5 Å². The van der Waals surface area contributed by atoms with E-state index < -0.39 is 0 Å². The Kier molecular flexibility index (Phi) is 7.07. The van der Waals surface area contributed by atoms with Crippen molar-refractivity contribution in [3.8, 4) is 5.75 Å². The van der Waals surface area contributed by atoms with Gasteiger partial charge < -0.3 is 25.2 Å². The second-order valence-corrected chi connectivity index (χ2v) is 7.45. The summed E-state index contributed by atoms with van der Waals surface area (Å²) in [5, 5.41) is 6.90. The fourth-order valence-corrected chi connectivity index (χ4v) is 3.65. The van der Waals surface area contributed by atoms with Crippen molar-refractivity contribution in [1.82, 2.24) is 15.5 Å². The number of methoxy groups -OCH3 is 1. The van der Waals surface area contributed by atoms with Gasteiger partial charge in [0.2, 0.25) is 11.8 Å². The normalized spacial score (nSPS) is 13.7. The van der Waals surface area contributed by atoms with E-state index in [1.807, 2.05) is 24.3 Å². The number of hydrogen-bond acceptors (Lipinski definition) is 6. The zero-order valence-corrected chi connectivity index (χ0v) is 17.0. The number of ether oxygens (including phenoxy) is 1. The first-order valence-corrected chi connectivity index (χ1v) is 10.2. The van der Waals surface area contributed by atoms with Crippen LogP contribution in [0.3, 0.4) is 0 Å². The Labute approximate surface area is 173 Å². The number of nitrogens with zero attached hydrogens (tertiary/aromatic N) is 2. The van der Waals surface area contributed by atoms with Crippen molar-refractivity contribution in [2.75, 3.05) is 51.3 Å². The van der Waals surface area contributed by atoms with Crippen LogP contribution < -0.4 is 20.3 Å². The third kappa shape index (κ3) is 5.71. The van der Waals surface area contributed by atoms with E-state index in [0.29, 0.717) is 18.0 Å². The molecule has 3 rings (SSSR count). The van der Waals surface area contributed by atoms with Gasteiger partial charge in [-0.15, -0.1) is 11.3 Å². The maximum Gasteiger partial charge on any atom is 0.261 e. The van der Waals surface area contributed by atoms with Gasteiger partial charge in [0.25, 0.3) is 5.91 Å². The maximum atomic E-state index is 12.3. The summed E-state index contributed by atoms with van der Waals surface area (Å²) in [6.07, 6.45) is 0. The lowest BCUT2D eigenvalue weighted by atomic mass is 10.2. The van der Waals surface area contributed by atoms with Crippen LogP contribution in [0.5, 0.6) is 5.75 Å². The molecule has 1 aliphatic heterocycles. The number of carbonyl (C=O) groups excluding carboxylic acids is 3. The molecule has 2 heterocycles. The molecule has 0 atom stereocenters. The van der Waals surface area contributed by atoms with E-state index in [4.69, 9.17) is 4.74 Å². The van der Waals surface area contributed by atoms with Gasteiger partial charge in [-0.3, -0.25) is 14.4 Å². The summed E-state index contributed by atoms with van der Waals surface area (Å²) in [4.78, 5) is 40.5. The monoisotopic (exact) mass is 416 g/mol. The average Bonchev–Trinajstić information content (AvgIpc) is 3.31. The van der Waals surface area contributed by atoms with E-state index in [2.05, 4.69) is 15.5 Å². The molecule has 1 fully saturated rings. The lowest BCUT2D eigenvalue weighted by molar-refractivity contribution is -0.132. The fourth-order valence-electron chi connectivity index (χ4n) is 3.01. The van der Waals surface area contributed by atoms with Crippen molar-refractivity contribution in [1.29, 1.82) is 0 Å². The van der Waals surface area contributed by atoms with Crippen LogP contribution in [0.4, 0.5) is 5.69 Å². The van der Waals surface area contributed by atoms with Gasteiger partial charge in [0, 0.05) is 31.9 Å². The average molecular weight is 417 g/mol. The van der Waals surface area contributed by atoms with Crippen molar-refractivity contribution < 1.29 is 19.1 Å². The maximum absolute atomic E-state index is 12.3. The molecule has 1 aromatic carbocycles. The molecule has 154 valence electrons. The number of amides is 3. The summed E-state index contributed by atoms with van der Waals surface area (Å²) < 4.78 is 5.17. The lowest BCUT2D eigenvalue weighted by Gasteiger charge is -2.36. The predicted octanol–water partition coefficient (Wildman–Crippen LogP) is 0.952. The first-order chi connectivity index (χ1) is 14.1. The van der Waals surface area contributed by atoms with Crippen molar-refractivity contribution in [2.45, 2.75) is 0 Å². The van der Waals surface area contributed by atoms with Gasteiger partial charge >= 0.3 is 0 Å². The van der Waals surface area contributed by atoms with Gasteiger partial charge in [-0.25, -0.2) is 0 Å². The zero-order chi connectivity index (χ0) is 20.6. The number of anilines is 1. The Morgan fingerprint density at radius 2 is 1.72 bits per heavy atom. The van der Waals surface area contributed by atoms with Crippen LogP contribution in [0.1, 0.15) is 9.67 Å². The quantitative estimate of drug-likeness (QED) is 0.701. The number of nitrogens with one attached hydrogen (secondary N) is 2. The second kappa shape index (κ2) is 9.92. The topological polar surface area (TPSA) is 91.0 Å². The summed E-state index contributed by atoms with van der Waals surface area (Å²) in [7, 11) is 1.63. The zero-order valence-electron chi connectivity index (χ0n) is 16.2. The Hall–Kier alpha value is -3.07. The lowest BCUT2D eigenvalue weighted by Crippen LogP contribution is -2.51. The highest BCUT2D eigenvalue weighted by Crippen LogP contribution is 2.20. The summed E-state index contributed by atoms with van der Waals surface area (Å²) in [5.41, 5.74) is 1.09. The van der Waals surface area contributed by atoms with Gasteiger partial charge in [0.05, 0.1) is 25.1 Å². The molecule has 9 heteroatoms. The van der Waals surface area contributed by atoms with Crippen LogP contribution in [0.15, 0.2) is 41.8 Å². The van der Waals surface area contributed by atoms with Crippen molar-refractivity contribution >= 4 is 34.7 Å². The smallest absolute Gasteiger partial charge is 0.261 e.